The molecular formula is C31H37Cl2N3O5S. The van der Waals surface area contributed by atoms with Crippen LogP contribution >= 0.6 is 23.2 Å². The van der Waals surface area contributed by atoms with Gasteiger partial charge in [0.25, 0.3) is 10.0 Å². The molecule has 0 saturated carbocycles. The molecule has 0 spiro atoms. The predicted octanol–water partition coefficient (Wildman–Crippen LogP) is 6.23. The van der Waals surface area contributed by atoms with Crippen LogP contribution in [0.3, 0.4) is 0 Å². The van der Waals surface area contributed by atoms with Crippen LogP contribution in [0.25, 0.3) is 0 Å². The molecule has 8 nitrogen and oxygen atoms in total. The van der Waals surface area contributed by atoms with Gasteiger partial charge in [-0.1, -0.05) is 67.4 Å². The minimum absolute atomic E-state index is 0.00945. The summed E-state index contributed by atoms with van der Waals surface area (Å²) < 4.78 is 34.7. The number of methoxy groups -OCH3 is 1. The van der Waals surface area contributed by atoms with Crippen molar-refractivity contribution in [2.75, 3.05) is 18.0 Å². The molecule has 11 heteroatoms. The smallest absolute Gasteiger partial charge is 0.264 e. The first-order valence-corrected chi connectivity index (χ1v) is 15.9. The zero-order valence-corrected chi connectivity index (χ0v) is 26.8. The Bertz CT molecular complexity index is 1500. The van der Waals surface area contributed by atoms with Crippen LogP contribution in [0.1, 0.15) is 44.7 Å². The van der Waals surface area contributed by atoms with E-state index in [-0.39, 0.29) is 34.8 Å². The molecule has 0 heterocycles. The van der Waals surface area contributed by atoms with Gasteiger partial charge in [0.1, 0.15) is 18.3 Å². The molecule has 42 heavy (non-hydrogen) atoms. The van der Waals surface area contributed by atoms with E-state index in [9.17, 15) is 18.0 Å². The van der Waals surface area contributed by atoms with E-state index < -0.39 is 28.5 Å². The summed E-state index contributed by atoms with van der Waals surface area (Å²) in [6.45, 7) is 6.82. The molecule has 3 aromatic rings. The number of nitrogens with one attached hydrogen (secondary N) is 1. The fourth-order valence-electron chi connectivity index (χ4n) is 4.42. The Balaban J connectivity index is 2.14. The molecule has 2 atom stereocenters. The van der Waals surface area contributed by atoms with Crippen molar-refractivity contribution in [2.24, 2.45) is 0 Å². The van der Waals surface area contributed by atoms with Crippen molar-refractivity contribution in [2.45, 2.75) is 64.1 Å². The lowest BCUT2D eigenvalue weighted by molar-refractivity contribution is -0.140. The lowest BCUT2D eigenvalue weighted by Crippen LogP contribution is -2.53. The Kier molecular flexibility index (Phi) is 11.7. The van der Waals surface area contributed by atoms with Crippen molar-refractivity contribution in [3.63, 3.8) is 0 Å². The molecule has 3 rings (SSSR count). The Morgan fingerprint density at radius 3 is 2.26 bits per heavy atom. The van der Waals surface area contributed by atoms with Gasteiger partial charge in [0.05, 0.1) is 17.7 Å². The van der Waals surface area contributed by atoms with E-state index in [4.69, 9.17) is 27.9 Å². The minimum Gasteiger partial charge on any atom is -0.495 e. The van der Waals surface area contributed by atoms with Crippen molar-refractivity contribution in [1.82, 2.24) is 10.2 Å². The maximum atomic E-state index is 14.3. The van der Waals surface area contributed by atoms with Crippen molar-refractivity contribution in [1.29, 1.82) is 0 Å². The number of anilines is 1. The van der Waals surface area contributed by atoms with Gasteiger partial charge in [0.15, 0.2) is 0 Å². The van der Waals surface area contributed by atoms with Gasteiger partial charge < -0.3 is 15.0 Å². The van der Waals surface area contributed by atoms with Crippen LogP contribution < -0.4 is 14.4 Å². The van der Waals surface area contributed by atoms with Crippen LogP contribution in [0.2, 0.25) is 10.0 Å². The molecule has 1 N–H and O–H groups in total. The maximum absolute atomic E-state index is 14.3. The number of rotatable bonds is 13. The van der Waals surface area contributed by atoms with Crippen LogP contribution in [-0.2, 0) is 26.2 Å². The van der Waals surface area contributed by atoms with Crippen LogP contribution in [0, 0.1) is 6.92 Å². The standard InChI is InChI=1S/C31H37Cl2N3O5S/c1-6-22(4)34-31(38)27(7-2)35(19-23-14-15-24(32)18-26(23)33)30(37)20-36(28-17-21(3)13-16-29(28)41-5)42(39,40)25-11-9-8-10-12-25/h8-18,22,27H,6-7,19-20H2,1-5H3,(H,34,38)/t22-,27+/m1/s1. The topological polar surface area (TPSA) is 96.0 Å². The Morgan fingerprint density at radius 1 is 0.976 bits per heavy atom. The van der Waals surface area contributed by atoms with E-state index in [2.05, 4.69) is 5.32 Å². The molecule has 0 aliphatic carbocycles. The number of ether oxygens (including phenoxy) is 1. The third-order valence-corrected chi connectivity index (χ3v) is 9.32. The SMILES string of the molecule is CC[C@@H](C)NC(=O)[C@H](CC)N(Cc1ccc(Cl)cc1Cl)C(=O)CN(c1cc(C)ccc1OC)S(=O)(=O)c1ccccc1. The first-order valence-electron chi connectivity index (χ1n) is 13.7. The number of sulfonamides is 1. The Hall–Kier alpha value is -3.27. The second-order valence-corrected chi connectivity index (χ2v) is 12.7. The third-order valence-electron chi connectivity index (χ3n) is 6.96. The van der Waals surface area contributed by atoms with Gasteiger partial charge >= 0.3 is 0 Å². The number of hydrogen-bond donors (Lipinski definition) is 1. The second-order valence-electron chi connectivity index (χ2n) is 10.00. The number of amides is 2. The van der Waals surface area contributed by atoms with Gasteiger partial charge in [0.2, 0.25) is 11.8 Å². The molecule has 3 aromatic carbocycles. The predicted molar refractivity (Wildman–Crippen MR) is 168 cm³/mol. The van der Waals surface area contributed by atoms with Crippen LogP contribution in [-0.4, -0.2) is 50.9 Å². The average molecular weight is 635 g/mol. The zero-order chi connectivity index (χ0) is 31.0. The van der Waals surface area contributed by atoms with E-state index in [0.29, 0.717) is 28.5 Å². The molecule has 226 valence electrons. The zero-order valence-electron chi connectivity index (χ0n) is 24.4. The number of carbonyl (C=O) groups excluding carboxylic acids is 2. The number of carbonyl (C=O) groups is 2. The molecule has 0 fully saturated rings. The normalized spacial score (nSPS) is 12.7. The van der Waals surface area contributed by atoms with Gasteiger partial charge in [-0.15, -0.1) is 0 Å². The van der Waals surface area contributed by atoms with Gasteiger partial charge in [-0.25, -0.2) is 8.42 Å². The molecule has 0 aromatic heterocycles. The quantitative estimate of drug-likeness (QED) is 0.241. The van der Waals surface area contributed by atoms with Gasteiger partial charge in [-0.2, -0.15) is 0 Å². The van der Waals surface area contributed by atoms with Crippen LogP contribution in [0.15, 0.2) is 71.6 Å². The van der Waals surface area contributed by atoms with Crippen LogP contribution in [0.5, 0.6) is 5.75 Å². The Labute approximate surface area is 258 Å². The second kappa shape index (κ2) is 14.8. The maximum Gasteiger partial charge on any atom is 0.264 e. The van der Waals surface area contributed by atoms with E-state index in [1.165, 1.54) is 24.1 Å². The molecule has 0 saturated heterocycles. The van der Waals surface area contributed by atoms with Crippen molar-refractivity contribution in [3.8, 4) is 5.75 Å². The van der Waals surface area contributed by atoms with E-state index in [1.54, 1.807) is 61.5 Å². The number of nitrogens with zero attached hydrogens (tertiary/aromatic N) is 2. The number of benzene rings is 3. The number of aryl methyl sites for hydroxylation is 1. The lowest BCUT2D eigenvalue weighted by atomic mass is 10.1. The van der Waals surface area contributed by atoms with E-state index in [1.807, 2.05) is 20.8 Å². The molecule has 0 bridgehead atoms. The lowest BCUT2D eigenvalue weighted by Gasteiger charge is -2.34. The summed E-state index contributed by atoms with van der Waals surface area (Å²) in [5.41, 5.74) is 1.54. The van der Waals surface area contributed by atoms with Crippen molar-refractivity contribution >= 4 is 50.7 Å². The van der Waals surface area contributed by atoms with Crippen LogP contribution in [0.4, 0.5) is 5.69 Å². The summed E-state index contributed by atoms with van der Waals surface area (Å²) in [4.78, 5) is 29.1. The van der Waals surface area contributed by atoms with Gasteiger partial charge in [0, 0.05) is 22.6 Å². The first-order chi connectivity index (χ1) is 19.9. The fraction of sp³-hybridized carbons (Fsp3) is 0.355. The fourth-order valence-corrected chi connectivity index (χ4v) is 6.33. The molecule has 0 aliphatic rings. The summed E-state index contributed by atoms with van der Waals surface area (Å²) in [6, 6.07) is 16.9. The average Bonchev–Trinajstić information content (AvgIpc) is 2.97. The largest absolute Gasteiger partial charge is 0.495 e. The molecule has 0 radical (unpaired) electrons. The molecule has 0 unspecified atom stereocenters. The van der Waals surface area contributed by atoms with Gasteiger partial charge in [-0.3, -0.25) is 13.9 Å². The van der Waals surface area contributed by atoms with Crippen molar-refractivity contribution in [3.05, 3.63) is 87.9 Å². The number of halogens is 2. The van der Waals surface area contributed by atoms with E-state index in [0.717, 1.165) is 9.87 Å². The highest BCUT2D eigenvalue weighted by atomic mass is 35.5. The highest BCUT2D eigenvalue weighted by Crippen LogP contribution is 2.34. The minimum atomic E-state index is -4.23. The van der Waals surface area contributed by atoms with Gasteiger partial charge in [-0.05, 0) is 74.2 Å². The Morgan fingerprint density at radius 2 is 1.67 bits per heavy atom. The number of hydrogen-bond acceptors (Lipinski definition) is 5. The highest BCUT2D eigenvalue weighted by Gasteiger charge is 2.35. The monoisotopic (exact) mass is 633 g/mol. The molecular weight excluding hydrogens is 597 g/mol. The third kappa shape index (κ3) is 7.96. The highest BCUT2D eigenvalue weighted by molar-refractivity contribution is 7.92. The summed E-state index contributed by atoms with van der Waals surface area (Å²) in [5, 5.41) is 3.70. The summed E-state index contributed by atoms with van der Waals surface area (Å²) in [5.74, 6) is -0.645. The summed E-state index contributed by atoms with van der Waals surface area (Å²) in [6.07, 6.45) is 0.994. The molecule has 0 aliphatic heterocycles. The summed E-state index contributed by atoms with van der Waals surface area (Å²) in [7, 11) is -2.80. The van der Waals surface area contributed by atoms with Crippen molar-refractivity contribution < 1.29 is 22.7 Å². The first kappa shape index (κ1) is 33.2. The molecule has 2 amide bonds. The summed E-state index contributed by atoms with van der Waals surface area (Å²) >= 11 is 12.6. The van der Waals surface area contributed by atoms with E-state index >= 15 is 0 Å².